The van der Waals surface area contributed by atoms with Gasteiger partial charge in [-0.15, -0.1) is 0 Å². The van der Waals surface area contributed by atoms with Crippen molar-refractivity contribution in [3.05, 3.63) is 84.3 Å². The number of likely N-dealkylation sites (tertiary alicyclic amines) is 1. The summed E-state index contributed by atoms with van der Waals surface area (Å²) in [7, 11) is 0. The molecule has 0 radical (unpaired) electrons. The number of hydrogen-bond acceptors (Lipinski definition) is 5. The Labute approximate surface area is 223 Å². The van der Waals surface area contributed by atoms with Crippen LogP contribution < -0.4 is 0 Å². The van der Waals surface area contributed by atoms with Crippen LogP contribution in [0.25, 0.3) is 55.8 Å². The van der Waals surface area contributed by atoms with Crippen molar-refractivity contribution in [1.82, 2.24) is 35.0 Å². The molecule has 0 aliphatic carbocycles. The monoisotopic (exact) mass is 521 g/mol. The molecule has 0 amide bonds. The van der Waals surface area contributed by atoms with Crippen LogP contribution in [-0.4, -0.2) is 48.1 Å². The molecule has 0 saturated carbocycles. The third-order valence-electron chi connectivity index (χ3n) is 7.37. The molecule has 1 fully saturated rings. The SMILES string of the molecule is Fc1cc2[nH]nc(-c3nc4c(-c5ccccc5F)nccc4[nH]3)c2cc1-c1cncc(CN2CCCCC2)c1. The Kier molecular flexibility index (Phi) is 5.85. The zero-order valence-corrected chi connectivity index (χ0v) is 21.1. The largest absolute Gasteiger partial charge is 0.336 e. The van der Waals surface area contributed by atoms with Crippen molar-refractivity contribution in [1.29, 1.82) is 0 Å². The van der Waals surface area contributed by atoms with Gasteiger partial charge in [0, 0.05) is 53.3 Å². The second-order valence-electron chi connectivity index (χ2n) is 9.99. The summed E-state index contributed by atoms with van der Waals surface area (Å²) in [4.78, 5) is 19.3. The van der Waals surface area contributed by atoms with Crippen LogP contribution in [0.3, 0.4) is 0 Å². The lowest BCUT2D eigenvalue weighted by atomic mass is 10.0. The second kappa shape index (κ2) is 9.67. The number of aromatic nitrogens is 6. The number of hydrogen-bond donors (Lipinski definition) is 2. The van der Waals surface area contributed by atoms with Crippen LogP contribution in [0.4, 0.5) is 8.78 Å². The molecular formula is C30H25F2N7. The van der Waals surface area contributed by atoms with Gasteiger partial charge in [0.05, 0.1) is 11.0 Å². The highest BCUT2D eigenvalue weighted by molar-refractivity contribution is 5.97. The molecule has 1 aliphatic heterocycles. The third-order valence-corrected chi connectivity index (χ3v) is 7.37. The van der Waals surface area contributed by atoms with Crippen LogP contribution in [0.5, 0.6) is 0 Å². The average molecular weight is 522 g/mol. The summed E-state index contributed by atoms with van der Waals surface area (Å²) in [5.41, 5.74) is 5.36. The van der Waals surface area contributed by atoms with E-state index in [2.05, 4.69) is 30.0 Å². The lowest BCUT2D eigenvalue weighted by molar-refractivity contribution is 0.220. The lowest BCUT2D eigenvalue weighted by Crippen LogP contribution is -2.29. The van der Waals surface area contributed by atoms with Crippen LogP contribution in [0, 0.1) is 11.6 Å². The van der Waals surface area contributed by atoms with Gasteiger partial charge >= 0.3 is 0 Å². The number of rotatable bonds is 5. The Morgan fingerprint density at radius 2 is 1.72 bits per heavy atom. The van der Waals surface area contributed by atoms with Gasteiger partial charge in [-0.25, -0.2) is 13.8 Å². The summed E-state index contributed by atoms with van der Waals surface area (Å²) in [6.45, 7) is 2.96. The maximum absolute atomic E-state index is 15.3. The van der Waals surface area contributed by atoms with Crippen molar-refractivity contribution in [2.75, 3.05) is 13.1 Å². The molecule has 6 aromatic rings. The zero-order chi connectivity index (χ0) is 26.3. The standard InChI is InChI=1S/C30H25F2N7/c31-23-7-3-2-6-20(23)27-29-25(8-9-34-27)35-30(36-29)28-22-13-21(24(32)14-26(22)37-38-28)19-12-18(15-33-16-19)17-39-10-4-1-5-11-39/h2-3,6-9,12-16H,1,4-5,10-11,17H2,(H,35,36)(H,37,38). The van der Waals surface area contributed by atoms with Crippen LogP contribution in [0.15, 0.2) is 67.1 Å². The molecule has 0 spiro atoms. The first-order valence-electron chi connectivity index (χ1n) is 13.1. The molecular weight excluding hydrogens is 496 g/mol. The minimum atomic E-state index is -0.372. The van der Waals surface area contributed by atoms with Gasteiger partial charge in [0.15, 0.2) is 5.82 Å². The first kappa shape index (κ1) is 23.6. The van der Waals surface area contributed by atoms with E-state index in [-0.39, 0.29) is 11.6 Å². The number of fused-ring (bicyclic) bond motifs is 2. The van der Waals surface area contributed by atoms with Crippen LogP contribution >= 0.6 is 0 Å². The van der Waals surface area contributed by atoms with Gasteiger partial charge in [0.1, 0.15) is 28.5 Å². The zero-order valence-electron chi connectivity index (χ0n) is 21.1. The number of benzene rings is 2. The molecule has 0 unspecified atom stereocenters. The van der Waals surface area contributed by atoms with Gasteiger partial charge in [-0.05, 0) is 61.8 Å². The molecule has 0 atom stereocenters. The molecule has 0 bridgehead atoms. The summed E-state index contributed by atoms with van der Waals surface area (Å²) in [6.07, 6.45) is 8.86. The van der Waals surface area contributed by atoms with E-state index < -0.39 is 0 Å². The van der Waals surface area contributed by atoms with Crippen molar-refractivity contribution in [3.8, 4) is 33.9 Å². The fraction of sp³-hybridized carbons (Fsp3) is 0.200. The number of pyridine rings is 2. The number of halogens is 2. The van der Waals surface area contributed by atoms with Gasteiger partial charge in [-0.2, -0.15) is 5.10 Å². The minimum Gasteiger partial charge on any atom is -0.336 e. The predicted octanol–water partition coefficient (Wildman–Crippen LogP) is 6.49. The average Bonchev–Trinajstić information content (AvgIpc) is 3.57. The molecule has 1 saturated heterocycles. The Bertz CT molecular complexity index is 1820. The molecule has 39 heavy (non-hydrogen) atoms. The highest BCUT2D eigenvalue weighted by atomic mass is 19.1. The van der Waals surface area contributed by atoms with Crippen LogP contribution in [0.2, 0.25) is 0 Å². The van der Waals surface area contributed by atoms with E-state index in [9.17, 15) is 4.39 Å². The summed E-state index contributed by atoms with van der Waals surface area (Å²) in [5, 5.41) is 8.09. The Morgan fingerprint density at radius 1 is 0.846 bits per heavy atom. The van der Waals surface area contributed by atoms with Gasteiger partial charge in [-0.1, -0.05) is 18.6 Å². The van der Waals surface area contributed by atoms with E-state index in [0.717, 1.165) is 25.2 Å². The fourth-order valence-electron chi connectivity index (χ4n) is 5.43. The van der Waals surface area contributed by atoms with Gasteiger partial charge in [0.25, 0.3) is 0 Å². The Balaban J connectivity index is 1.29. The maximum Gasteiger partial charge on any atom is 0.159 e. The topological polar surface area (TPSA) is 86.4 Å². The van der Waals surface area contributed by atoms with Crippen molar-refractivity contribution in [3.63, 3.8) is 0 Å². The molecule has 7 rings (SSSR count). The predicted molar refractivity (Wildman–Crippen MR) is 147 cm³/mol. The number of nitrogens with zero attached hydrogens (tertiary/aromatic N) is 5. The minimum absolute atomic E-state index is 0.356. The van der Waals surface area contributed by atoms with E-state index in [1.54, 1.807) is 42.7 Å². The van der Waals surface area contributed by atoms with Crippen LogP contribution in [0.1, 0.15) is 24.8 Å². The Morgan fingerprint density at radius 3 is 2.59 bits per heavy atom. The third kappa shape index (κ3) is 4.34. The molecule has 2 N–H and O–H groups in total. The van der Waals surface area contributed by atoms with E-state index in [1.165, 1.54) is 31.4 Å². The van der Waals surface area contributed by atoms with Crippen LogP contribution in [-0.2, 0) is 6.54 Å². The fourth-order valence-corrected chi connectivity index (χ4v) is 5.43. The van der Waals surface area contributed by atoms with Gasteiger partial charge in [0.2, 0.25) is 0 Å². The summed E-state index contributed by atoms with van der Waals surface area (Å²) < 4.78 is 29.9. The van der Waals surface area contributed by atoms with Crippen molar-refractivity contribution < 1.29 is 8.78 Å². The number of nitrogens with one attached hydrogen (secondary N) is 2. The Hall–Kier alpha value is -4.50. The van der Waals surface area contributed by atoms with Crippen molar-refractivity contribution in [2.45, 2.75) is 25.8 Å². The number of aromatic amines is 2. The smallest absolute Gasteiger partial charge is 0.159 e. The highest BCUT2D eigenvalue weighted by Gasteiger charge is 2.19. The molecule has 1 aliphatic rings. The van der Waals surface area contributed by atoms with Gasteiger partial charge in [-0.3, -0.25) is 20.0 Å². The van der Waals surface area contributed by atoms with E-state index in [4.69, 9.17) is 4.98 Å². The number of H-pyrrole nitrogens is 2. The molecule has 2 aromatic carbocycles. The summed E-state index contributed by atoms with van der Waals surface area (Å²) in [6, 6.07) is 13.5. The lowest BCUT2D eigenvalue weighted by Gasteiger charge is -2.26. The summed E-state index contributed by atoms with van der Waals surface area (Å²) in [5.74, 6) is -0.245. The normalized spacial score (nSPS) is 14.4. The maximum atomic E-state index is 15.3. The number of piperidine rings is 1. The van der Waals surface area contributed by atoms with Gasteiger partial charge < -0.3 is 4.98 Å². The first-order chi connectivity index (χ1) is 19.1. The molecule has 9 heteroatoms. The van der Waals surface area contributed by atoms with E-state index in [1.807, 2.05) is 12.3 Å². The molecule has 4 aromatic heterocycles. The molecule has 194 valence electrons. The molecule has 5 heterocycles. The first-order valence-corrected chi connectivity index (χ1v) is 13.1. The summed E-state index contributed by atoms with van der Waals surface area (Å²) >= 11 is 0. The second-order valence-corrected chi connectivity index (χ2v) is 9.99. The molecule has 7 nitrogen and oxygen atoms in total. The highest BCUT2D eigenvalue weighted by Crippen LogP contribution is 2.34. The number of imidazole rings is 1. The van der Waals surface area contributed by atoms with Crippen molar-refractivity contribution in [2.24, 2.45) is 0 Å². The van der Waals surface area contributed by atoms with E-state index >= 15 is 4.39 Å². The van der Waals surface area contributed by atoms with Crippen molar-refractivity contribution >= 4 is 21.9 Å². The quantitative estimate of drug-likeness (QED) is 0.271. The van der Waals surface area contributed by atoms with E-state index in [0.29, 0.717) is 55.8 Å².